The van der Waals surface area contributed by atoms with Crippen molar-refractivity contribution in [2.24, 2.45) is 0 Å². The highest BCUT2D eigenvalue weighted by Crippen LogP contribution is 2.39. The van der Waals surface area contributed by atoms with Gasteiger partial charge in [-0.05, 0) is 60.6 Å². The predicted molar refractivity (Wildman–Crippen MR) is 130 cm³/mol. The molecule has 1 fully saturated rings. The zero-order valence-corrected chi connectivity index (χ0v) is 18.6. The molecule has 5 rings (SSSR count). The standard InChI is InChI=1S/C26H27N5O2/c1-16-6-2-5-9-20(16)25(32)28-14-17-10-12-19(13-11-17)31-15-21(18-7-3-4-8-18)22-23(31)24(27)29-30-26(22)33/h2,5-6,9-13,15,18H,3-4,7-8,14H2,1H3,(H2,27,29)(H,28,32)(H,30,33). The zero-order valence-electron chi connectivity index (χ0n) is 18.6. The molecule has 33 heavy (non-hydrogen) atoms. The number of carbonyl (C=O) groups excluding carboxylic acids is 1. The van der Waals surface area contributed by atoms with Crippen molar-refractivity contribution in [3.8, 4) is 5.69 Å². The van der Waals surface area contributed by atoms with E-state index < -0.39 is 0 Å². The number of hydrogen-bond acceptors (Lipinski definition) is 4. The predicted octanol–water partition coefficient (Wildman–Crippen LogP) is 4.19. The number of anilines is 1. The Morgan fingerprint density at radius 2 is 1.88 bits per heavy atom. The molecule has 1 amide bonds. The van der Waals surface area contributed by atoms with Crippen LogP contribution in [0.2, 0.25) is 0 Å². The second kappa shape index (κ2) is 8.58. The number of benzene rings is 2. The fourth-order valence-electron chi connectivity index (χ4n) is 4.86. The Morgan fingerprint density at radius 1 is 1.15 bits per heavy atom. The molecular weight excluding hydrogens is 414 g/mol. The molecule has 4 N–H and O–H groups in total. The second-order valence-corrected chi connectivity index (χ2v) is 8.76. The Balaban J connectivity index is 1.43. The number of aromatic nitrogens is 3. The van der Waals surface area contributed by atoms with Crippen LogP contribution >= 0.6 is 0 Å². The van der Waals surface area contributed by atoms with Gasteiger partial charge in [0.15, 0.2) is 5.82 Å². The van der Waals surface area contributed by atoms with E-state index in [0.717, 1.165) is 35.2 Å². The number of amides is 1. The quantitative estimate of drug-likeness (QED) is 0.432. The molecule has 2 aromatic heterocycles. The lowest BCUT2D eigenvalue weighted by Gasteiger charge is -2.10. The lowest BCUT2D eigenvalue weighted by atomic mass is 9.98. The van der Waals surface area contributed by atoms with E-state index in [1.165, 1.54) is 12.8 Å². The summed E-state index contributed by atoms with van der Waals surface area (Å²) in [5.74, 6) is 0.587. The van der Waals surface area contributed by atoms with Gasteiger partial charge in [-0.25, -0.2) is 5.10 Å². The topological polar surface area (TPSA) is 106 Å². The molecule has 2 heterocycles. The number of rotatable bonds is 5. The van der Waals surface area contributed by atoms with Gasteiger partial charge in [-0.2, -0.15) is 5.10 Å². The van der Waals surface area contributed by atoms with Crippen molar-refractivity contribution >= 4 is 22.6 Å². The molecule has 7 nitrogen and oxygen atoms in total. The van der Waals surface area contributed by atoms with E-state index in [1.54, 1.807) is 0 Å². The number of nitrogen functional groups attached to an aromatic ring is 1. The van der Waals surface area contributed by atoms with Gasteiger partial charge in [0, 0.05) is 24.0 Å². The number of nitrogens with one attached hydrogen (secondary N) is 2. The Bertz CT molecular complexity index is 1380. The van der Waals surface area contributed by atoms with E-state index in [-0.39, 0.29) is 11.5 Å². The summed E-state index contributed by atoms with van der Waals surface area (Å²) < 4.78 is 1.97. The van der Waals surface area contributed by atoms with Gasteiger partial charge in [-0.15, -0.1) is 0 Å². The van der Waals surface area contributed by atoms with Gasteiger partial charge in [0.2, 0.25) is 0 Å². The first-order valence-electron chi connectivity index (χ1n) is 11.3. The third kappa shape index (κ3) is 3.91. The molecule has 0 spiro atoms. The number of carbonyl (C=O) groups is 1. The monoisotopic (exact) mass is 441 g/mol. The summed E-state index contributed by atoms with van der Waals surface area (Å²) in [6.45, 7) is 2.35. The number of H-pyrrole nitrogens is 1. The molecule has 168 valence electrons. The van der Waals surface area contributed by atoms with E-state index in [4.69, 9.17) is 5.73 Å². The summed E-state index contributed by atoms with van der Waals surface area (Å²) in [6.07, 6.45) is 6.57. The summed E-state index contributed by atoms with van der Waals surface area (Å²) in [6, 6.07) is 15.5. The fraction of sp³-hybridized carbons (Fsp3) is 0.269. The lowest BCUT2D eigenvalue weighted by molar-refractivity contribution is 0.0950. The van der Waals surface area contributed by atoms with Crippen LogP contribution in [0.25, 0.3) is 16.6 Å². The van der Waals surface area contributed by atoms with Crippen LogP contribution in [0.3, 0.4) is 0 Å². The van der Waals surface area contributed by atoms with Gasteiger partial charge in [0.05, 0.1) is 5.39 Å². The van der Waals surface area contributed by atoms with Crippen LogP contribution in [-0.2, 0) is 6.54 Å². The Kier molecular flexibility index (Phi) is 5.46. The molecule has 0 aliphatic heterocycles. The first kappa shape index (κ1) is 21.0. The highest BCUT2D eigenvalue weighted by molar-refractivity contribution is 5.95. The van der Waals surface area contributed by atoms with Crippen molar-refractivity contribution in [2.75, 3.05) is 5.73 Å². The van der Waals surface area contributed by atoms with Gasteiger partial charge in [-0.3, -0.25) is 9.59 Å². The van der Waals surface area contributed by atoms with Crippen LogP contribution in [0.5, 0.6) is 0 Å². The summed E-state index contributed by atoms with van der Waals surface area (Å²) in [5.41, 5.74) is 11.2. The van der Waals surface area contributed by atoms with Crippen LogP contribution in [0.4, 0.5) is 5.82 Å². The lowest BCUT2D eigenvalue weighted by Crippen LogP contribution is -2.23. The third-order valence-corrected chi connectivity index (χ3v) is 6.63. The van der Waals surface area contributed by atoms with Gasteiger partial charge < -0.3 is 15.6 Å². The number of hydrogen-bond donors (Lipinski definition) is 3. The molecule has 0 radical (unpaired) electrons. The summed E-state index contributed by atoms with van der Waals surface area (Å²) in [5, 5.41) is 10.2. The van der Waals surface area contributed by atoms with E-state index >= 15 is 0 Å². The highest BCUT2D eigenvalue weighted by Gasteiger charge is 2.25. The maximum Gasteiger partial charge on any atom is 0.274 e. The Hall–Kier alpha value is -3.87. The van der Waals surface area contributed by atoms with Crippen molar-refractivity contribution in [2.45, 2.75) is 45.1 Å². The van der Waals surface area contributed by atoms with Crippen molar-refractivity contribution in [1.29, 1.82) is 0 Å². The molecule has 1 saturated carbocycles. The van der Waals surface area contributed by atoms with Crippen LogP contribution in [-0.4, -0.2) is 20.7 Å². The number of aromatic amines is 1. The van der Waals surface area contributed by atoms with Crippen LogP contribution in [0.15, 0.2) is 59.5 Å². The van der Waals surface area contributed by atoms with Gasteiger partial charge in [0.25, 0.3) is 11.5 Å². The number of nitrogens with zero attached hydrogens (tertiary/aromatic N) is 2. The minimum atomic E-state index is -0.199. The maximum absolute atomic E-state index is 12.7. The molecule has 1 aliphatic rings. The van der Waals surface area contributed by atoms with E-state index in [0.29, 0.717) is 34.7 Å². The number of nitrogens with two attached hydrogens (primary N) is 1. The average Bonchev–Trinajstić information content (AvgIpc) is 3.49. The largest absolute Gasteiger partial charge is 0.381 e. The zero-order chi connectivity index (χ0) is 22.9. The van der Waals surface area contributed by atoms with Gasteiger partial charge >= 0.3 is 0 Å². The molecule has 0 unspecified atom stereocenters. The van der Waals surface area contributed by atoms with Crippen LogP contribution < -0.4 is 16.6 Å². The average molecular weight is 442 g/mol. The number of fused-ring (bicyclic) bond motifs is 1. The third-order valence-electron chi connectivity index (χ3n) is 6.63. The minimum Gasteiger partial charge on any atom is -0.381 e. The number of aryl methyl sites for hydroxylation is 1. The smallest absolute Gasteiger partial charge is 0.274 e. The van der Waals surface area contributed by atoms with Crippen LogP contribution in [0, 0.1) is 6.92 Å². The first-order chi connectivity index (χ1) is 16.0. The van der Waals surface area contributed by atoms with E-state index in [1.807, 2.05) is 66.2 Å². The van der Waals surface area contributed by atoms with Crippen molar-refractivity contribution in [3.63, 3.8) is 0 Å². The molecule has 1 aliphatic carbocycles. The highest BCUT2D eigenvalue weighted by atomic mass is 16.1. The molecule has 0 saturated heterocycles. The molecule has 4 aromatic rings. The molecule has 0 bridgehead atoms. The Labute approximate surface area is 191 Å². The summed E-state index contributed by atoms with van der Waals surface area (Å²) in [4.78, 5) is 25.2. The fourth-order valence-corrected chi connectivity index (χ4v) is 4.86. The minimum absolute atomic E-state index is 0.0899. The molecule has 7 heteroatoms. The van der Waals surface area contributed by atoms with Gasteiger partial charge in [0.1, 0.15) is 5.52 Å². The molecular formula is C26H27N5O2. The van der Waals surface area contributed by atoms with E-state index in [9.17, 15) is 9.59 Å². The molecule has 0 atom stereocenters. The van der Waals surface area contributed by atoms with E-state index in [2.05, 4.69) is 15.5 Å². The van der Waals surface area contributed by atoms with Gasteiger partial charge in [-0.1, -0.05) is 43.2 Å². The summed E-state index contributed by atoms with van der Waals surface area (Å²) >= 11 is 0. The Morgan fingerprint density at radius 3 is 2.61 bits per heavy atom. The van der Waals surface area contributed by atoms with Crippen molar-refractivity contribution < 1.29 is 4.79 Å². The van der Waals surface area contributed by atoms with Crippen LogP contribution in [0.1, 0.15) is 58.6 Å². The second-order valence-electron chi connectivity index (χ2n) is 8.76. The molecule has 2 aromatic carbocycles. The van der Waals surface area contributed by atoms with Crippen molar-refractivity contribution in [3.05, 3.63) is 87.3 Å². The normalized spacial score (nSPS) is 14.1. The van der Waals surface area contributed by atoms with Crippen molar-refractivity contribution in [1.82, 2.24) is 20.1 Å². The maximum atomic E-state index is 12.7. The first-order valence-corrected chi connectivity index (χ1v) is 11.3. The summed E-state index contributed by atoms with van der Waals surface area (Å²) in [7, 11) is 0. The SMILES string of the molecule is Cc1ccccc1C(=O)NCc1ccc(-n2cc(C3CCCC3)c3c(=O)[nH]nc(N)c32)cc1.